The van der Waals surface area contributed by atoms with Gasteiger partial charge in [0, 0.05) is 26.2 Å². The van der Waals surface area contributed by atoms with Gasteiger partial charge in [-0.25, -0.2) is 9.97 Å². The molecular formula is C19H21N5O3. The maximum atomic E-state index is 11.8. The van der Waals surface area contributed by atoms with E-state index in [1.807, 2.05) is 28.0 Å². The zero-order valence-corrected chi connectivity index (χ0v) is 15.0. The van der Waals surface area contributed by atoms with E-state index in [4.69, 9.17) is 4.74 Å². The molecule has 0 amide bonds. The first-order valence-corrected chi connectivity index (χ1v) is 9.05. The molecular weight excluding hydrogens is 346 g/mol. The molecule has 0 atom stereocenters. The molecule has 140 valence electrons. The van der Waals surface area contributed by atoms with Crippen LogP contribution >= 0.6 is 0 Å². The summed E-state index contributed by atoms with van der Waals surface area (Å²) in [5.74, 6) is 0.769. The fraction of sp³-hybridized carbons (Fsp3) is 0.368. The molecule has 1 aromatic heterocycles. The Morgan fingerprint density at radius 2 is 1.70 bits per heavy atom. The van der Waals surface area contributed by atoms with Crippen molar-refractivity contribution in [2.24, 2.45) is 0 Å². The van der Waals surface area contributed by atoms with Gasteiger partial charge in [-0.1, -0.05) is 36.4 Å². The first kappa shape index (κ1) is 17.4. The van der Waals surface area contributed by atoms with Gasteiger partial charge in [-0.05, 0) is 17.6 Å². The molecule has 1 aromatic carbocycles. The number of aromatic nitrogens is 2. The second kappa shape index (κ2) is 7.71. The summed E-state index contributed by atoms with van der Waals surface area (Å²) in [5, 5.41) is 11.8. The maximum Gasteiger partial charge on any atom is 0.353 e. The topological polar surface area (TPSA) is 84.6 Å². The molecule has 3 heterocycles. The fourth-order valence-corrected chi connectivity index (χ4v) is 3.54. The zero-order valence-electron chi connectivity index (χ0n) is 15.0. The summed E-state index contributed by atoms with van der Waals surface area (Å²) in [6.45, 7) is 3.54. The highest BCUT2D eigenvalue weighted by atomic mass is 16.6. The smallest absolute Gasteiger partial charge is 0.353 e. The van der Waals surface area contributed by atoms with E-state index < -0.39 is 0 Å². The Morgan fingerprint density at radius 3 is 2.33 bits per heavy atom. The van der Waals surface area contributed by atoms with E-state index >= 15 is 0 Å². The number of anilines is 2. The normalized spacial score (nSPS) is 17.6. The number of nitro groups is 1. The number of ether oxygens (including phenoxy) is 1. The average molecular weight is 367 g/mol. The lowest BCUT2D eigenvalue weighted by Gasteiger charge is -2.30. The third-order valence-electron chi connectivity index (χ3n) is 4.93. The van der Waals surface area contributed by atoms with Crippen molar-refractivity contribution in [3.63, 3.8) is 0 Å². The second-order valence-corrected chi connectivity index (χ2v) is 6.52. The van der Waals surface area contributed by atoms with Gasteiger partial charge in [0.05, 0.1) is 18.1 Å². The minimum Gasteiger partial charge on any atom is -0.378 e. The summed E-state index contributed by atoms with van der Waals surface area (Å²) in [4.78, 5) is 23.8. The van der Waals surface area contributed by atoms with E-state index in [2.05, 4.69) is 28.2 Å². The summed E-state index contributed by atoms with van der Waals surface area (Å²) in [7, 11) is 0. The SMILES string of the molecule is O=[N+]([O-])c1c(N2CC=C(c3ccccc3)CC2)ncnc1N1CCOCC1. The third-order valence-corrected chi connectivity index (χ3v) is 4.93. The lowest BCUT2D eigenvalue weighted by Crippen LogP contribution is -2.38. The van der Waals surface area contributed by atoms with Crippen molar-refractivity contribution in [1.29, 1.82) is 0 Å². The van der Waals surface area contributed by atoms with Gasteiger partial charge in [-0.2, -0.15) is 0 Å². The lowest BCUT2D eigenvalue weighted by atomic mass is 9.99. The van der Waals surface area contributed by atoms with Crippen LogP contribution in [-0.2, 0) is 4.74 Å². The third kappa shape index (κ3) is 3.61. The highest BCUT2D eigenvalue weighted by Gasteiger charge is 2.31. The molecule has 2 aromatic rings. The van der Waals surface area contributed by atoms with Gasteiger partial charge < -0.3 is 14.5 Å². The molecule has 0 spiro atoms. The van der Waals surface area contributed by atoms with Crippen LogP contribution < -0.4 is 9.80 Å². The van der Waals surface area contributed by atoms with Gasteiger partial charge in [0.25, 0.3) is 0 Å². The van der Waals surface area contributed by atoms with Crippen LogP contribution in [0.3, 0.4) is 0 Å². The zero-order chi connectivity index (χ0) is 18.6. The lowest BCUT2D eigenvalue weighted by molar-refractivity contribution is -0.383. The number of morpholine rings is 1. The van der Waals surface area contributed by atoms with Crippen molar-refractivity contribution in [3.05, 3.63) is 58.4 Å². The van der Waals surface area contributed by atoms with Crippen LogP contribution in [0, 0.1) is 10.1 Å². The Hall–Kier alpha value is -3.00. The van der Waals surface area contributed by atoms with Crippen LogP contribution in [0.5, 0.6) is 0 Å². The first-order valence-electron chi connectivity index (χ1n) is 9.05. The molecule has 0 aliphatic carbocycles. The van der Waals surface area contributed by atoms with E-state index in [-0.39, 0.29) is 10.6 Å². The van der Waals surface area contributed by atoms with Gasteiger partial charge in [0.2, 0.25) is 11.6 Å². The van der Waals surface area contributed by atoms with E-state index in [9.17, 15) is 10.1 Å². The highest BCUT2D eigenvalue weighted by molar-refractivity contribution is 5.74. The Balaban J connectivity index is 1.62. The molecule has 1 saturated heterocycles. The molecule has 0 unspecified atom stereocenters. The van der Waals surface area contributed by atoms with Gasteiger partial charge in [0.15, 0.2) is 0 Å². The van der Waals surface area contributed by atoms with Crippen molar-refractivity contribution in [2.75, 3.05) is 49.2 Å². The summed E-state index contributed by atoms with van der Waals surface area (Å²) in [6, 6.07) is 10.2. The quantitative estimate of drug-likeness (QED) is 0.606. The van der Waals surface area contributed by atoms with Crippen molar-refractivity contribution < 1.29 is 9.66 Å². The molecule has 8 nitrogen and oxygen atoms in total. The molecule has 27 heavy (non-hydrogen) atoms. The van der Waals surface area contributed by atoms with E-state index in [1.165, 1.54) is 17.5 Å². The Labute approximate surface area is 157 Å². The summed E-state index contributed by atoms with van der Waals surface area (Å²) < 4.78 is 5.35. The monoisotopic (exact) mass is 367 g/mol. The largest absolute Gasteiger partial charge is 0.378 e. The Kier molecular flexibility index (Phi) is 4.97. The summed E-state index contributed by atoms with van der Waals surface area (Å²) in [6.07, 6.45) is 4.36. The van der Waals surface area contributed by atoms with Gasteiger partial charge in [-0.3, -0.25) is 10.1 Å². The van der Waals surface area contributed by atoms with Crippen LogP contribution in [0.15, 0.2) is 42.7 Å². The molecule has 1 fully saturated rings. The van der Waals surface area contributed by atoms with Gasteiger partial charge in [0.1, 0.15) is 6.33 Å². The van der Waals surface area contributed by atoms with E-state index in [0.29, 0.717) is 51.0 Å². The average Bonchev–Trinajstić information content (AvgIpc) is 2.74. The van der Waals surface area contributed by atoms with Crippen LogP contribution in [0.1, 0.15) is 12.0 Å². The Bertz CT molecular complexity index is 850. The number of benzene rings is 1. The molecule has 0 radical (unpaired) electrons. The molecule has 0 bridgehead atoms. The molecule has 0 saturated carbocycles. The highest BCUT2D eigenvalue weighted by Crippen LogP contribution is 2.36. The van der Waals surface area contributed by atoms with Crippen LogP contribution in [0.2, 0.25) is 0 Å². The van der Waals surface area contributed by atoms with Crippen LogP contribution in [0.4, 0.5) is 17.3 Å². The van der Waals surface area contributed by atoms with Crippen molar-refractivity contribution in [1.82, 2.24) is 9.97 Å². The first-order chi connectivity index (χ1) is 13.2. The Morgan fingerprint density at radius 1 is 1.00 bits per heavy atom. The van der Waals surface area contributed by atoms with Crippen LogP contribution in [-0.4, -0.2) is 54.3 Å². The van der Waals surface area contributed by atoms with Gasteiger partial charge >= 0.3 is 5.69 Å². The molecule has 2 aliphatic heterocycles. The molecule has 8 heteroatoms. The summed E-state index contributed by atoms with van der Waals surface area (Å²) in [5.41, 5.74) is 2.44. The number of rotatable bonds is 4. The van der Waals surface area contributed by atoms with Gasteiger partial charge in [-0.15, -0.1) is 0 Å². The maximum absolute atomic E-state index is 11.8. The van der Waals surface area contributed by atoms with E-state index in [1.54, 1.807) is 0 Å². The molecule has 2 aliphatic rings. The predicted octanol–water partition coefficient (Wildman–Crippen LogP) is 2.52. The second-order valence-electron chi connectivity index (χ2n) is 6.52. The standard InChI is InChI=1S/C19H21N5O3/c25-24(26)17-18(20-14-21-19(17)23-10-12-27-13-11-23)22-8-6-16(7-9-22)15-4-2-1-3-5-15/h1-6,14H,7-13H2. The van der Waals surface area contributed by atoms with Crippen LogP contribution in [0.25, 0.3) is 5.57 Å². The van der Waals surface area contributed by atoms with E-state index in [0.717, 1.165) is 6.42 Å². The van der Waals surface area contributed by atoms with Crippen molar-refractivity contribution in [2.45, 2.75) is 6.42 Å². The number of nitrogens with zero attached hydrogens (tertiary/aromatic N) is 5. The molecule has 4 rings (SSSR count). The predicted molar refractivity (Wildman–Crippen MR) is 103 cm³/mol. The minimum absolute atomic E-state index is 0.0176. The van der Waals surface area contributed by atoms with Crippen molar-refractivity contribution in [3.8, 4) is 0 Å². The minimum atomic E-state index is -0.365. The summed E-state index contributed by atoms with van der Waals surface area (Å²) >= 11 is 0. The number of hydrogen-bond donors (Lipinski definition) is 0. The fourth-order valence-electron chi connectivity index (χ4n) is 3.54. The number of hydrogen-bond acceptors (Lipinski definition) is 7. The molecule has 0 N–H and O–H groups in total. The van der Waals surface area contributed by atoms with Crippen molar-refractivity contribution >= 4 is 22.9 Å².